The zero-order valence-electron chi connectivity index (χ0n) is 15.6. The van der Waals surface area contributed by atoms with E-state index in [1.54, 1.807) is 7.11 Å². The van der Waals surface area contributed by atoms with Crippen LogP contribution in [0.25, 0.3) is 10.9 Å². The average molecular weight is 430 g/mol. The summed E-state index contributed by atoms with van der Waals surface area (Å²) in [6.45, 7) is 1.29. The summed E-state index contributed by atoms with van der Waals surface area (Å²) < 4.78 is 19.2. The van der Waals surface area contributed by atoms with E-state index in [1.165, 1.54) is 22.1 Å². The van der Waals surface area contributed by atoms with Crippen molar-refractivity contribution in [3.63, 3.8) is 0 Å². The highest BCUT2D eigenvalue weighted by Crippen LogP contribution is 2.52. The largest absolute Gasteiger partial charge is 0.492 e. The summed E-state index contributed by atoms with van der Waals surface area (Å²) in [7, 11) is 6.29. The Morgan fingerprint density at radius 2 is 2.07 bits per heavy atom. The number of H-pyrrole nitrogens is 1. The van der Waals surface area contributed by atoms with E-state index >= 15 is 0 Å². The summed E-state index contributed by atoms with van der Waals surface area (Å²) >= 11 is 3.62. The van der Waals surface area contributed by atoms with Crippen LogP contribution in [0.4, 0.5) is 0 Å². The molecule has 27 heavy (non-hydrogen) atoms. The Hall–Kier alpha value is -2.18. The summed E-state index contributed by atoms with van der Waals surface area (Å²) in [4.78, 5) is 3.44. The van der Waals surface area contributed by atoms with Crippen LogP contribution < -0.4 is 14.2 Å². The molecule has 1 atom stereocenters. The molecule has 6 heteroatoms. The first-order chi connectivity index (χ1) is 13.0. The monoisotopic (exact) mass is 429 g/mol. The molecule has 0 unspecified atom stereocenters. The fourth-order valence-electron chi connectivity index (χ4n) is 4.55. The maximum absolute atomic E-state index is 5.88. The number of ether oxygens (including phenoxy) is 3. The molecule has 0 spiro atoms. The van der Waals surface area contributed by atoms with Crippen molar-refractivity contribution in [3.8, 4) is 17.2 Å². The normalized spacial score (nSPS) is 19.9. The van der Waals surface area contributed by atoms with Gasteiger partial charge in [-0.1, -0.05) is 15.9 Å². The van der Waals surface area contributed by atoms with Gasteiger partial charge < -0.3 is 23.7 Å². The molecule has 0 aliphatic carbocycles. The molecule has 0 bridgehead atoms. The number of nitrogens with one attached hydrogen (secondary N) is 1. The Kier molecular flexibility index (Phi) is 3.71. The molecule has 2 aliphatic heterocycles. The summed E-state index contributed by atoms with van der Waals surface area (Å²) in [6.07, 6.45) is 3.12. The topological polar surface area (TPSA) is 43.5 Å². The average Bonchev–Trinajstić information content (AvgIpc) is 3.26. The fraction of sp³-hybridized carbons (Fsp3) is 0.333. The summed E-state index contributed by atoms with van der Waals surface area (Å²) in [5.74, 6) is 2.32. The van der Waals surface area contributed by atoms with Crippen LogP contribution in [0, 0.1) is 0 Å². The van der Waals surface area contributed by atoms with E-state index in [-0.39, 0.29) is 12.8 Å². The molecule has 2 aromatic carbocycles. The molecule has 0 radical (unpaired) electrons. The van der Waals surface area contributed by atoms with Crippen LogP contribution in [0.3, 0.4) is 0 Å². The van der Waals surface area contributed by atoms with Crippen LogP contribution >= 0.6 is 15.9 Å². The molecule has 5 rings (SSSR count). The van der Waals surface area contributed by atoms with Crippen LogP contribution in [0.15, 0.2) is 34.9 Å². The number of hydrogen-bond donors (Lipinski definition) is 1. The Bertz CT molecular complexity index is 1060. The first-order valence-electron chi connectivity index (χ1n) is 9.08. The van der Waals surface area contributed by atoms with Crippen molar-refractivity contribution in [2.45, 2.75) is 12.5 Å². The molecule has 5 nitrogen and oxygen atoms in total. The highest BCUT2D eigenvalue weighted by molar-refractivity contribution is 9.10. The molecular weight excluding hydrogens is 408 g/mol. The minimum Gasteiger partial charge on any atom is -0.492 e. The third-order valence-corrected chi connectivity index (χ3v) is 6.34. The summed E-state index contributed by atoms with van der Waals surface area (Å²) in [5, 5.41) is 1.23. The minimum atomic E-state index is 0.140. The molecule has 1 N–H and O–H groups in total. The molecule has 0 amide bonds. The molecular formula is C21H22BrN2O3+. The SMILES string of the molecule is COc1c2c(cc3c1[C@H](c1c[nH]c4ccc(Br)cc14)[N+](C)(C)CC3)OCO2. The number of aromatic nitrogens is 1. The van der Waals surface area contributed by atoms with Gasteiger partial charge in [0, 0.05) is 33.6 Å². The maximum Gasteiger partial charge on any atom is 0.231 e. The van der Waals surface area contributed by atoms with Crippen LogP contribution in [-0.4, -0.2) is 44.0 Å². The van der Waals surface area contributed by atoms with Gasteiger partial charge in [0.1, 0.15) is 6.04 Å². The zero-order chi connectivity index (χ0) is 18.8. The van der Waals surface area contributed by atoms with E-state index in [1.807, 2.05) is 0 Å². The van der Waals surface area contributed by atoms with E-state index in [9.17, 15) is 0 Å². The highest BCUT2D eigenvalue weighted by atomic mass is 79.9. The number of nitrogens with zero attached hydrogens (tertiary/aromatic N) is 1. The van der Waals surface area contributed by atoms with Gasteiger partial charge >= 0.3 is 0 Å². The second-order valence-electron chi connectivity index (χ2n) is 7.81. The van der Waals surface area contributed by atoms with E-state index in [0.717, 1.165) is 44.7 Å². The van der Waals surface area contributed by atoms with Gasteiger partial charge in [-0.3, -0.25) is 0 Å². The van der Waals surface area contributed by atoms with E-state index in [4.69, 9.17) is 14.2 Å². The molecule has 0 saturated carbocycles. The Balaban J connectivity index is 1.81. The second-order valence-corrected chi connectivity index (χ2v) is 8.72. The van der Waals surface area contributed by atoms with E-state index < -0.39 is 0 Å². The van der Waals surface area contributed by atoms with Gasteiger partial charge in [0.25, 0.3) is 0 Å². The second kappa shape index (κ2) is 5.91. The third-order valence-electron chi connectivity index (χ3n) is 5.85. The fourth-order valence-corrected chi connectivity index (χ4v) is 4.91. The standard InChI is InChI=1S/C21H22BrN2O3/c1-24(2)7-6-12-8-17-20(27-11-26-17)21(25-3)18(12)19(24)15-10-23-16-5-4-13(22)9-14(15)16/h4-5,8-10,19,23H,6-7,11H2,1-3H3/q+1/t19-/m0/s1. The van der Waals surface area contributed by atoms with Gasteiger partial charge in [-0.2, -0.15) is 0 Å². The molecule has 3 heterocycles. The van der Waals surface area contributed by atoms with Crippen LogP contribution in [-0.2, 0) is 6.42 Å². The first kappa shape index (κ1) is 17.0. The number of quaternary nitrogens is 1. The van der Waals surface area contributed by atoms with Gasteiger partial charge in [0.05, 0.1) is 33.3 Å². The van der Waals surface area contributed by atoms with Crippen LogP contribution in [0.5, 0.6) is 17.2 Å². The molecule has 140 valence electrons. The summed E-state index contributed by atoms with van der Waals surface area (Å²) in [5.41, 5.74) is 4.90. The van der Waals surface area contributed by atoms with Crippen molar-refractivity contribution in [3.05, 3.63) is 51.6 Å². The Labute approximate surface area is 166 Å². The number of methoxy groups -OCH3 is 1. The van der Waals surface area contributed by atoms with Gasteiger partial charge in [0.2, 0.25) is 12.5 Å². The lowest BCUT2D eigenvalue weighted by molar-refractivity contribution is -0.917. The number of aromatic amines is 1. The van der Waals surface area contributed by atoms with Gasteiger partial charge in [-0.15, -0.1) is 0 Å². The smallest absolute Gasteiger partial charge is 0.231 e. The first-order valence-corrected chi connectivity index (χ1v) is 9.87. The lowest BCUT2D eigenvalue weighted by atomic mass is 9.85. The van der Waals surface area contributed by atoms with Gasteiger partial charge in [-0.25, -0.2) is 0 Å². The van der Waals surface area contributed by atoms with E-state index in [0.29, 0.717) is 0 Å². The molecule has 3 aromatic rings. The number of likely N-dealkylation sites (N-methyl/N-ethyl adjacent to an activating group) is 1. The van der Waals surface area contributed by atoms with Crippen LogP contribution in [0.2, 0.25) is 0 Å². The quantitative estimate of drug-likeness (QED) is 0.614. The number of halogens is 1. The Morgan fingerprint density at radius 3 is 2.89 bits per heavy atom. The Morgan fingerprint density at radius 1 is 1.22 bits per heavy atom. The summed E-state index contributed by atoms with van der Waals surface area (Å²) in [6, 6.07) is 8.65. The number of benzene rings is 2. The third kappa shape index (κ3) is 2.47. The van der Waals surface area contributed by atoms with E-state index in [2.05, 4.69) is 65.5 Å². The molecule has 0 fully saturated rings. The highest BCUT2D eigenvalue weighted by Gasteiger charge is 2.43. The van der Waals surface area contributed by atoms with Crippen molar-refractivity contribution in [1.29, 1.82) is 0 Å². The molecule has 0 saturated heterocycles. The predicted molar refractivity (Wildman–Crippen MR) is 108 cm³/mol. The lowest BCUT2D eigenvalue weighted by Crippen LogP contribution is -2.48. The number of fused-ring (bicyclic) bond motifs is 3. The van der Waals surface area contributed by atoms with Gasteiger partial charge in [-0.05, 0) is 29.8 Å². The number of hydrogen-bond acceptors (Lipinski definition) is 3. The number of rotatable bonds is 2. The van der Waals surface area contributed by atoms with Crippen molar-refractivity contribution in [1.82, 2.24) is 4.98 Å². The molecule has 2 aliphatic rings. The predicted octanol–water partition coefficient (Wildman–Crippen LogP) is 4.39. The molecule has 1 aromatic heterocycles. The maximum atomic E-state index is 5.88. The van der Waals surface area contributed by atoms with Crippen molar-refractivity contribution in [2.24, 2.45) is 0 Å². The van der Waals surface area contributed by atoms with Crippen molar-refractivity contribution >= 4 is 26.8 Å². The van der Waals surface area contributed by atoms with Crippen molar-refractivity contribution < 1.29 is 18.7 Å². The zero-order valence-corrected chi connectivity index (χ0v) is 17.2. The minimum absolute atomic E-state index is 0.140. The van der Waals surface area contributed by atoms with Crippen LogP contribution in [0.1, 0.15) is 22.7 Å². The van der Waals surface area contributed by atoms with Gasteiger partial charge in [0.15, 0.2) is 11.5 Å². The lowest BCUT2D eigenvalue weighted by Gasteiger charge is -2.43. The van der Waals surface area contributed by atoms with Crippen molar-refractivity contribution in [2.75, 3.05) is 34.5 Å².